The van der Waals surface area contributed by atoms with Crippen LogP contribution in [0.5, 0.6) is 0 Å². The number of nitrogens with zero attached hydrogens (tertiary/aromatic N) is 1. The Hall–Kier alpha value is -1.62. The molecule has 3 nitrogen and oxygen atoms in total. The van der Waals surface area contributed by atoms with Gasteiger partial charge in [-0.15, -0.1) is 0 Å². The van der Waals surface area contributed by atoms with Gasteiger partial charge in [-0.25, -0.2) is 8.78 Å². The summed E-state index contributed by atoms with van der Waals surface area (Å²) >= 11 is 5.52. The Labute approximate surface area is 88.4 Å². The van der Waals surface area contributed by atoms with Crippen LogP contribution < -0.4 is 5.73 Å². The zero-order chi connectivity index (χ0) is 11.0. The van der Waals surface area contributed by atoms with E-state index in [0.29, 0.717) is 6.07 Å². The summed E-state index contributed by atoms with van der Waals surface area (Å²) < 4.78 is 30.8. The molecule has 0 unspecified atom stereocenters. The van der Waals surface area contributed by atoms with Gasteiger partial charge in [0.2, 0.25) is 5.88 Å². The molecule has 1 aromatic heterocycles. The first-order chi connectivity index (χ1) is 7.09. The second-order valence-electron chi connectivity index (χ2n) is 2.85. The molecule has 2 rings (SSSR count). The Bertz CT molecular complexity index is 513. The number of halogens is 3. The van der Waals surface area contributed by atoms with Crippen molar-refractivity contribution in [3.63, 3.8) is 0 Å². The van der Waals surface area contributed by atoms with Gasteiger partial charge in [0.25, 0.3) is 0 Å². The number of rotatable bonds is 1. The third kappa shape index (κ3) is 1.66. The topological polar surface area (TPSA) is 52.0 Å². The molecule has 0 fully saturated rings. The highest BCUT2D eigenvalue weighted by atomic mass is 35.5. The maximum Gasteiger partial charge on any atom is 0.230 e. The summed E-state index contributed by atoms with van der Waals surface area (Å²) in [5, 5.41) is 3.20. The predicted octanol–water partition coefficient (Wildman–Crippen LogP) is 2.86. The van der Waals surface area contributed by atoms with Crippen molar-refractivity contribution in [2.24, 2.45) is 0 Å². The zero-order valence-electron chi connectivity index (χ0n) is 7.30. The number of benzene rings is 1. The molecule has 0 saturated heterocycles. The number of aromatic nitrogens is 1. The number of nitrogens with two attached hydrogens (primary N) is 1. The maximum atomic E-state index is 13.4. The van der Waals surface area contributed by atoms with Crippen LogP contribution in [0.2, 0.25) is 5.02 Å². The fraction of sp³-hybridized carbons (Fsp3) is 0. The van der Waals surface area contributed by atoms with Gasteiger partial charge < -0.3 is 10.3 Å². The van der Waals surface area contributed by atoms with Gasteiger partial charge in [-0.1, -0.05) is 16.8 Å². The van der Waals surface area contributed by atoms with E-state index >= 15 is 0 Å². The monoisotopic (exact) mass is 230 g/mol. The third-order valence-corrected chi connectivity index (χ3v) is 2.19. The van der Waals surface area contributed by atoms with E-state index in [1.165, 1.54) is 6.20 Å². The van der Waals surface area contributed by atoms with Crippen LogP contribution in [0.25, 0.3) is 11.1 Å². The number of hydrogen-bond acceptors (Lipinski definition) is 3. The van der Waals surface area contributed by atoms with Crippen LogP contribution in [0.4, 0.5) is 14.7 Å². The molecule has 0 bridgehead atoms. The van der Waals surface area contributed by atoms with E-state index in [0.717, 1.165) is 6.07 Å². The summed E-state index contributed by atoms with van der Waals surface area (Å²) in [6.07, 6.45) is 1.24. The summed E-state index contributed by atoms with van der Waals surface area (Å²) in [5.74, 6) is -1.64. The first-order valence-electron chi connectivity index (χ1n) is 3.94. The molecule has 0 aliphatic heterocycles. The van der Waals surface area contributed by atoms with E-state index in [2.05, 4.69) is 9.68 Å². The van der Waals surface area contributed by atoms with Crippen LogP contribution in [0, 0.1) is 11.6 Å². The van der Waals surface area contributed by atoms with Crippen molar-refractivity contribution < 1.29 is 13.3 Å². The zero-order valence-corrected chi connectivity index (χ0v) is 8.05. The Morgan fingerprint density at radius 2 is 1.93 bits per heavy atom. The fourth-order valence-corrected chi connectivity index (χ4v) is 1.34. The van der Waals surface area contributed by atoms with Gasteiger partial charge in [-0.05, 0) is 6.07 Å². The van der Waals surface area contributed by atoms with Crippen LogP contribution in [-0.4, -0.2) is 5.16 Å². The van der Waals surface area contributed by atoms with Crippen molar-refractivity contribution in [2.75, 3.05) is 5.73 Å². The van der Waals surface area contributed by atoms with Gasteiger partial charge >= 0.3 is 0 Å². The van der Waals surface area contributed by atoms with Crippen LogP contribution in [-0.2, 0) is 0 Å². The van der Waals surface area contributed by atoms with Crippen molar-refractivity contribution >= 4 is 17.5 Å². The lowest BCUT2D eigenvalue weighted by molar-refractivity contribution is 0.436. The molecule has 1 heterocycles. The van der Waals surface area contributed by atoms with Crippen LogP contribution >= 0.6 is 11.6 Å². The molecular weight excluding hydrogens is 226 g/mol. The SMILES string of the molecule is Nc1oncc1-c1cc(Cl)c(F)cc1F. The highest BCUT2D eigenvalue weighted by Crippen LogP contribution is 2.31. The lowest BCUT2D eigenvalue weighted by Crippen LogP contribution is -1.90. The Morgan fingerprint density at radius 1 is 1.20 bits per heavy atom. The van der Waals surface area contributed by atoms with Crippen molar-refractivity contribution in [3.8, 4) is 11.1 Å². The lowest BCUT2D eigenvalue weighted by Gasteiger charge is -2.02. The second kappa shape index (κ2) is 3.51. The molecule has 2 N–H and O–H groups in total. The molecule has 0 saturated carbocycles. The molecule has 6 heteroatoms. The molecular formula is C9H5ClF2N2O. The molecule has 1 aromatic carbocycles. The molecule has 0 radical (unpaired) electrons. The smallest absolute Gasteiger partial charge is 0.230 e. The minimum atomic E-state index is -0.826. The van der Waals surface area contributed by atoms with Crippen molar-refractivity contribution in [3.05, 3.63) is 35.0 Å². The van der Waals surface area contributed by atoms with Gasteiger partial charge in [0.15, 0.2) is 0 Å². The fourth-order valence-electron chi connectivity index (χ4n) is 1.18. The van der Waals surface area contributed by atoms with Gasteiger partial charge in [0, 0.05) is 11.6 Å². The largest absolute Gasteiger partial charge is 0.367 e. The standard InChI is InChI=1S/C9H5ClF2N2O/c10-6-1-4(7(11)2-8(6)12)5-3-14-15-9(5)13/h1-3H,13H2. The predicted molar refractivity (Wildman–Crippen MR) is 51.3 cm³/mol. The minimum absolute atomic E-state index is 0.0448. The van der Waals surface area contributed by atoms with E-state index in [9.17, 15) is 8.78 Å². The summed E-state index contributed by atoms with van der Waals surface area (Å²) in [5.41, 5.74) is 5.70. The van der Waals surface area contributed by atoms with Gasteiger partial charge in [-0.3, -0.25) is 0 Å². The van der Waals surface area contributed by atoms with Crippen molar-refractivity contribution in [1.82, 2.24) is 5.16 Å². The molecule has 78 valence electrons. The number of nitrogen functional groups attached to an aromatic ring is 1. The average Bonchev–Trinajstić information content (AvgIpc) is 2.58. The van der Waals surface area contributed by atoms with Crippen LogP contribution in [0.1, 0.15) is 0 Å². The van der Waals surface area contributed by atoms with E-state index in [4.69, 9.17) is 17.3 Å². The van der Waals surface area contributed by atoms with Crippen LogP contribution in [0.3, 0.4) is 0 Å². The molecule has 2 aromatic rings. The van der Waals surface area contributed by atoms with Gasteiger partial charge in [-0.2, -0.15) is 0 Å². The maximum absolute atomic E-state index is 13.4. The molecule has 0 amide bonds. The summed E-state index contributed by atoms with van der Waals surface area (Å²) in [6, 6.07) is 1.82. The second-order valence-corrected chi connectivity index (χ2v) is 3.26. The molecule has 0 aliphatic rings. The highest BCUT2D eigenvalue weighted by Gasteiger charge is 2.14. The summed E-state index contributed by atoms with van der Waals surface area (Å²) in [4.78, 5) is 0. The van der Waals surface area contributed by atoms with Crippen molar-refractivity contribution in [2.45, 2.75) is 0 Å². The van der Waals surface area contributed by atoms with Gasteiger partial charge in [0.1, 0.15) is 11.6 Å². The summed E-state index contributed by atoms with van der Waals surface area (Å²) in [7, 11) is 0. The van der Waals surface area contributed by atoms with Crippen LogP contribution in [0.15, 0.2) is 22.9 Å². The normalized spacial score (nSPS) is 10.6. The van der Waals surface area contributed by atoms with E-state index in [1.807, 2.05) is 0 Å². The number of anilines is 1. The lowest BCUT2D eigenvalue weighted by atomic mass is 10.1. The Balaban J connectivity index is 2.64. The quantitative estimate of drug-likeness (QED) is 0.767. The molecule has 0 spiro atoms. The minimum Gasteiger partial charge on any atom is -0.367 e. The third-order valence-electron chi connectivity index (χ3n) is 1.90. The molecule has 0 aliphatic carbocycles. The Morgan fingerprint density at radius 3 is 2.53 bits per heavy atom. The molecule has 15 heavy (non-hydrogen) atoms. The molecule has 0 atom stereocenters. The Kier molecular flexibility index (Phi) is 2.32. The van der Waals surface area contributed by atoms with E-state index in [-0.39, 0.29) is 22.0 Å². The number of hydrogen-bond donors (Lipinski definition) is 1. The first-order valence-corrected chi connectivity index (χ1v) is 4.32. The average molecular weight is 231 g/mol. The first kappa shape index (κ1) is 9.92. The highest BCUT2D eigenvalue weighted by molar-refractivity contribution is 6.31. The van der Waals surface area contributed by atoms with E-state index in [1.54, 1.807) is 0 Å². The van der Waals surface area contributed by atoms with Gasteiger partial charge in [0.05, 0.1) is 16.8 Å². The van der Waals surface area contributed by atoms with E-state index < -0.39 is 11.6 Å². The van der Waals surface area contributed by atoms with Crippen molar-refractivity contribution in [1.29, 1.82) is 0 Å². The summed E-state index contributed by atoms with van der Waals surface area (Å²) in [6.45, 7) is 0.